The van der Waals surface area contributed by atoms with E-state index in [9.17, 15) is 0 Å². The fourth-order valence-electron chi connectivity index (χ4n) is 1.43. The number of benzene rings is 1. The quantitative estimate of drug-likeness (QED) is 0.632. The average molecular weight is 186 g/mol. The molecule has 0 radical (unpaired) electrons. The van der Waals surface area contributed by atoms with E-state index in [2.05, 4.69) is 10.9 Å². The molecule has 70 valence electrons. The first-order valence-electron chi connectivity index (χ1n) is 4.23. The van der Waals surface area contributed by atoms with Crippen LogP contribution in [0.4, 0.5) is 0 Å². The maximum absolute atomic E-state index is 5.32. The number of aryl methyl sites for hydroxylation is 1. The van der Waals surface area contributed by atoms with E-state index in [1.165, 1.54) is 0 Å². The van der Waals surface area contributed by atoms with Crippen LogP contribution >= 0.6 is 0 Å². The lowest BCUT2D eigenvalue weighted by Gasteiger charge is -1.99. The standard InChI is InChI=1S/C11H10N2O/c1-4-11-12-9-6-5-8(14-3)7-10(9)13(11)2/h1,5-7H,2-3H3. The van der Waals surface area contributed by atoms with E-state index < -0.39 is 0 Å². The summed E-state index contributed by atoms with van der Waals surface area (Å²) in [7, 11) is 3.53. The average Bonchev–Trinajstić information content (AvgIpc) is 2.55. The summed E-state index contributed by atoms with van der Waals surface area (Å²) in [6, 6.07) is 5.69. The monoisotopic (exact) mass is 186 g/mol. The summed E-state index contributed by atoms with van der Waals surface area (Å²) in [5, 5.41) is 0. The van der Waals surface area contributed by atoms with E-state index in [-0.39, 0.29) is 0 Å². The molecule has 3 nitrogen and oxygen atoms in total. The fraction of sp³-hybridized carbons (Fsp3) is 0.182. The Bertz CT molecular complexity index is 520. The molecular formula is C11H10N2O. The molecular weight excluding hydrogens is 176 g/mol. The van der Waals surface area contributed by atoms with Gasteiger partial charge in [0.15, 0.2) is 5.82 Å². The third-order valence-corrected chi connectivity index (χ3v) is 2.22. The Labute approximate surface area is 82.3 Å². The number of fused-ring (bicyclic) bond motifs is 1. The van der Waals surface area contributed by atoms with Gasteiger partial charge >= 0.3 is 0 Å². The summed E-state index contributed by atoms with van der Waals surface area (Å²) in [5.41, 5.74) is 1.87. The summed E-state index contributed by atoms with van der Waals surface area (Å²) in [6.07, 6.45) is 5.32. The fourth-order valence-corrected chi connectivity index (χ4v) is 1.43. The number of aromatic nitrogens is 2. The van der Waals surface area contributed by atoms with Crippen molar-refractivity contribution in [1.82, 2.24) is 9.55 Å². The van der Waals surface area contributed by atoms with Gasteiger partial charge in [0.2, 0.25) is 0 Å². The Morgan fingerprint density at radius 2 is 2.29 bits per heavy atom. The van der Waals surface area contributed by atoms with Crippen LogP contribution in [0.15, 0.2) is 18.2 Å². The van der Waals surface area contributed by atoms with Gasteiger partial charge in [-0.15, -0.1) is 6.42 Å². The highest BCUT2D eigenvalue weighted by Crippen LogP contribution is 2.20. The molecule has 0 saturated heterocycles. The van der Waals surface area contributed by atoms with Crippen LogP contribution < -0.4 is 4.74 Å². The van der Waals surface area contributed by atoms with Gasteiger partial charge in [-0.05, 0) is 18.1 Å². The molecule has 0 spiro atoms. The number of ether oxygens (including phenoxy) is 1. The third-order valence-electron chi connectivity index (χ3n) is 2.22. The summed E-state index contributed by atoms with van der Waals surface area (Å²) >= 11 is 0. The van der Waals surface area contributed by atoms with E-state index in [1.807, 2.05) is 29.8 Å². The van der Waals surface area contributed by atoms with Gasteiger partial charge in [0.05, 0.1) is 18.1 Å². The van der Waals surface area contributed by atoms with Gasteiger partial charge in [-0.2, -0.15) is 0 Å². The number of imidazole rings is 1. The Balaban J connectivity index is 2.76. The van der Waals surface area contributed by atoms with Gasteiger partial charge in [-0.25, -0.2) is 4.98 Å². The largest absolute Gasteiger partial charge is 0.497 e. The molecule has 0 aliphatic rings. The van der Waals surface area contributed by atoms with Gasteiger partial charge in [0, 0.05) is 13.1 Å². The summed E-state index contributed by atoms with van der Waals surface area (Å²) in [6.45, 7) is 0. The molecule has 0 N–H and O–H groups in total. The minimum atomic E-state index is 0.633. The van der Waals surface area contributed by atoms with Crippen LogP contribution in [0.5, 0.6) is 5.75 Å². The Morgan fingerprint density at radius 3 is 2.93 bits per heavy atom. The molecule has 14 heavy (non-hydrogen) atoms. The van der Waals surface area contributed by atoms with Crippen LogP contribution in [0.2, 0.25) is 0 Å². The number of terminal acetylenes is 1. The van der Waals surface area contributed by atoms with Crippen LogP contribution in [0.3, 0.4) is 0 Å². The number of nitrogens with zero attached hydrogens (tertiary/aromatic N) is 2. The molecule has 0 fully saturated rings. The minimum absolute atomic E-state index is 0.633. The first-order chi connectivity index (χ1) is 6.76. The highest BCUT2D eigenvalue weighted by atomic mass is 16.5. The van der Waals surface area contributed by atoms with Crippen molar-refractivity contribution in [3.8, 4) is 18.1 Å². The van der Waals surface area contributed by atoms with Gasteiger partial charge in [0.1, 0.15) is 5.75 Å². The maximum Gasteiger partial charge on any atom is 0.185 e. The molecule has 0 unspecified atom stereocenters. The second-order valence-corrected chi connectivity index (χ2v) is 2.99. The molecule has 2 aromatic rings. The van der Waals surface area contributed by atoms with Crippen molar-refractivity contribution in [1.29, 1.82) is 0 Å². The zero-order valence-corrected chi connectivity index (χ0v) is 8.11. The highest BCUT2D eigenvalue weighted by Gasteiger charge is 2.05. The molecule has 1 aromatic heterocycles. The maximum atomic E-state index is 5.32. The van der Waals surface area contributed by atoms with Crippen molar-refractivity contribution in [3.05, 3.63) is 24.0 Å². The van der Waals surface area contributed by atoms with Crippen molar-refractivity contribution in [3.63, 3.8) is 0 Å². The van der Waals surface area contributed by atoms with Gasteiger partial charge in [-0.1, -0.05) is 0 Å². The van der Waals surface area contributed by atoms with Crippen LogP contribution in [0, 0.1) is 12.3 Å². The second kappa shape index (κ2) is 3.08. The molecule has 0 aliphatic heterocycles. The molecule has 0 atom stereocenters. The van der Waals surface area contributed by atoms with Crippen molar-refractivity contribution in [2.45, 2.75) is 0 Å². The van der Waals surface area contributed by atoms with Crippen LogP contribution in [-0.2, 0) is 7.05 Å². The van der Waals surface area contributed by atoms with E-state index in [1.54, 1.807) is 7.11 Å². The van der Waals surface area contributed by atoms with Crippen molar-refractivity contribution in [2.24, 2.45) is 7.05 Å². The van der Waals surface area contributed by atoms with Crippen molar-refractivity contribution >= 4 is 11.0 Å². The Hall–Kier alpha value is -1.95. The van der Waals surface area contributed by atoms with E-state index in [0.29, 0.717) is 5.82 Å². The zero-order chi connectivity index (χ0) is 10.1. The van der Waals surface area contributed by atoms with Crippen molar-refractivity contribution in [2.75, 3.05) is 7.11 Å². The first-order valence-corrected chi connectivity index (χ1v) is 4.23. The molecule has 3 heteroatoms. The number of rotatable bonds is 1. The van der Waals surface area contributed by atoms with E-state index >= 15 is 0 Å². The Morgan fingerprint density at radius 1 is 1.50 bits per heavy atom. The van der Waals surface area contributed by atoms with Crippen molar-refractivity contribution < 1.29 is 4.74 Å². The van der Waals surface area contributed by atoms with Gasteiger partial charge < -0.3 is 9.30 Å². The highest BCUT2D eigenvalue weighted by molar-refractivity contribution is 5.78. The minimum Gasteiger partial charge on any atom is -0.497 e. The van der Waals surface area contributed by atoms with Gasteiger partial charge in [-0.3, -0.25) is 0 Å². The van der Waals surface area contributed by atoms with E-state index in [4.69, 9.17) is 11.2 Å². The molecule has 0 saturated carbocycles. The first kappa shape index (κ1) is 8.64. The molecule has 1 heterocycles. The van der Waals surface area contributed by atoms with Crippen LogP contribution in [0.1, 0.15) is 5.82 Å². The lowest BCUT2D eigenvalue weighted by atomic mass is 10.3. The number of hydrogen-bond acceptors (Lipinski definition) is 2. The molecule has 0 aliphatic carbocycles. The predicted octanol–water partition coefficient (Wildman–Crippen LogP) is 1.56. The lowest BCUT2D eigenvalue weighted by molar-refractivity contribution is 0.415. The Kier molecular flexibility index (Phi) is 1.90. The lowest BCUT2D eigenvalue weighted by Crippen LogP contribution is -1.91. The molecule has 0 amide bonds. The third kappa shape index (κ3) is 1.12. The number of methoxy groups -OCH3 is 1. The van der Waals surface area contributed by atoms with Crippen LogP contribution in [-0.4, -0.2) is 16.7 Å². The van der Waals surface area contributed by atoms with E-state index in [0.717, 1.165) is 16.8 Å². The number of hydrogen-bond donors (Lipinski definition) is 0. The molecule has 2 rings (SSSR count). The topological polar surface area (TPSA) is 27.1 Å². The smallest absolute Gasteiger partial charge is 0.185 e. The second-order valence-electron chi connectivity index (χ2n) is 2.99. The van der Waals surface area contributed by atoms with Gasteiger partial charge in [0.25, 0.3) is 0 Å². The van der Waals surface area contributed by atoms with Crippen LogP contribution in [0.25, 0.3) is 11.0 Å². The normalized spacial score (nSPS) is 10.1. The summed E-state index contributed by atoms with van der Waals surface area (Å²) in [4.78, 5) is 4.28. The SMILES string of the molecule is C#Cc1nc2ccc(OC)cc2n1C. The summed E-state index contributed by atoms with van der Waals surface area (Å²) in [5.74, 6) is 3.98. The molecule has 0 bridgehead atoms. The predicted molar refractivity (Wildman–Crippen MR) is 55.2 cm³/mol. The molecule has 1 aromatic carbocycles. The zero-order valence-electron chi connectivity index (χ0n) is 8.11. The summed E-state index contributed by atoms with van der Waals surface area (Å²) < 4.78 is 7.00.